The molecule has 2 heterocycles. The second-order valence-corrected chi connectivity index (χ2v) is 7.65. The van der Waals surface area contributed by atoms with Gasteiger partial charge in [0.15, 0.2) is 0 Å². The fourth-order valence-corrected chi connectivity index (χ4v) is 3.12. The average Bonchev–Trinajstić information content (AvgIpc) is 3.12. The Morgan fingerprint density at radius 2 is 1.69 bits per heavy atom. The first-order chi connectivity index (χ1) is 12.3. The Kier molecular flexibility index (Phi) is 3.86. The molecular formula is C20H23BN2O3. The summed E-state index contributed by atoms with van der Waals surface area (Å²) >= 11 is 0. The van der Waals surface area contributed by atoms with E-state index in [2.05, 4.69) is 32.7 Å². The summed E-state index contributed by atoms with van der Waals surface area (Å²) < 4.78 is 17.9. The number of para-hydroxylation sites is 2. The van der Waals surface area contributed by atoms with Gasteiger partial charge in [-0.3, -0.25) is 0 Å². The van der Waals surface area contributed by atoms with E-state index in [-0.39, 0.29) is 11.2 Å². The number of hydrogen-bond donors (Lipinski definition) is 1. The summed E-state index contributed by atoms with van der Waals surface area (Å²) in [5.74, 6) is 1.52. The summed E-state index contributed by atoms with van der Waals surface area (Å²) in [5, 5.41) is 0. The molecule has 4 rings (SSSR count). The van der Waals surface area contributed by atoms with Crippen LogP contribution in [0.4, 0.5) is 0 Å². The minimum Gasteiger partial charge on any atom is -0.496 e. The summed E-state index contributed by atoms with van der Waals surface area (Å²) in [4.78, 5) is 8.06. The van der Waals surface area contributed by atoms with Gasteiger partial charge in [0, 0.05) is 0 Å². The number of H-pyrrole nitrogens is 1. The van der Waals surface area contributed by atoms with Gasteiger partial charge in [-0.1, -0.05) is 18.2 Å². The Morgan fingerprint density at radius 3 is 2.35 bits per heavy atom. The third kappa shape index (κ3) is 2.70. The van der Waals surface area contributed by atoms with E-state index < -0.39 is 7.12 Å². The number of rotatable bonds is 3. The van der Waals surface area contributed by atoms with E-state index >= 15 is 0 Å². The van der Waals surface area contributed by atoms with Crippen LogP contribution in [0.1, 0.15) is 27.7 Å². The van der Waals surface area contributed by atoms with E-state index in [0.29, 0.717) is 0 Å². The van der Waals surface area contributed by atoms with Gasteiger partial charge >= 0.3 is 7.12 Å². The number of aromatic nitrogens is 2. The first kappa shape index (κ1) is 17.1. The van der Waals surface area contributed by atoms with Crippen LogP contribution in [0.2, 0.25) is 0 Å². The van der Waals surface area contributed by atoms with Gasteiger partial charge in [0.25, 0.3) is 0 Å². The number of imidazole rings is 1. The van der Waals surface area contributed by atoms with E-state index in [9.17, 15) is 0 Å². The lowest BCUT2D eigenvalue weighted by Crippen LogP contribution is -2.41. The highest BCUT2D eigenvalue weighted by Gasteiger charge is 2.51. The average molecular weight is 350 g/mol. The number of benzene rings is 2. The number of methoxy groups -OCH3 is 1. The predicted octanol–water partition coefficient (Wildman–Crippen LogP) is 3.54. The molecular weight excluding hydrogens is 327 g/mol. The van der Waals surface area contributed by atoms with Crippen molar-refractivity contribution in [3.8, 4) is 17.1 Å². The smallest absolute Gasteiger partial charge is 0.494 e. The highest BCUT2D eigenvalue weighted by atomic mass is 16.7. The van der Waals surface area contributed by atoms with Gasteiger partial charge in [0.05, 0.1) is 34.9 Å². The Hall–Kier alpha value is -2.31. The fourth-order valence-electron chi connectivity index (χ4n) is 3.12. The molecule has 0 unspecified atom stereocenters. The van der Waals surface area contributed by atoms with Crippen LogP contribution in [0.3, 0.4) is 0 Å². The maximum atomic E-state index is 6.18. The van der Waals surface area contributed by atoms with Gasteiger partial charge in [0.2, 0.25) is 0 Å². The van der Waals surface area contributed by atoms with Crippen molar-refractivity contribution < 1.29 is 14.0 Å². The molecule has 0 spiro atoms. The Morgan fingerprint density at radius 1 is 1.00 bits per heavy atom. The van der Waals surface area contributed by atoms with Crippen LogP contribution in [0.25, 0.3) is 22.4 Å². The number of aromatic amines is 1. The minimum atomic E-state index is -0.422. The molecule has 0 saturated carbocycles. The van der Waals surface area contributed by atoms with E-state index in [1.54, 1.807) is 7.11 Å². The van der Waals surface area contributed by atoms with Crippen molar-refractivity contribution in [3.63, 3.8) is 0 Å². The topological polar surface area (TPSA) is 56.4 Å². The van der Waals surface area contributed by atoms with Crippen LogP contribution < -0.4 is 10.2 Å². The summed E-state index contributed by atoms with van der Waals surface area (Å²) in [6.45, 7) is 8.21. The summed E-state index contributed by atoms with van der Waals surface area (Å²) in [6.07, 6.45) is 0. The van der Waals surface area contributed by atoms with Crippen LogP contribution in [0.15, 0.2) is 42.5 Å². The molecule has 5 nitrogen and oxygen atoms in total. The summed E-state index contributed by atoms with van der Waals surface area (Å²) in [5.41, 5.74) is 2.99. The summed E-state index contributed by atoms with van der Waals surface area (Å²) in [6, 6.07) is 13.9. The molecule has 3 aromatic rings. The molecule has 26 heavy (non-hydrogen) atoms. The highest BCUT2D eigenvalue weighted by molar-refractivity contribution is 6.62. The lowest BCUT2D eigenvalue weighted by Gasteiger charge is -2.32. The van der Waals surface area contributed by atoms with Gasteiger partial charge < -0.3 is 19.0 Å². The number of nitrogens with zero attached hydrogens (tertiary/aromatic N) is 1. The van der Waals surface area contributed by atoms with Crippen molar-refractivity contribution in [1.29, 1.82) is 0 Å². The molecule has 0 bridgehead atoms. The summed E-state index contributed by atoms with van der Waals surface area (Å²) in [7, 11) is 1.24. The third-order valence-corrected chi connectivity index (χ3v) is 5.39. The van der Waals surface area contributed by atoms with Crippen LogP contribution >= 0.6 is 0 Å². The first-order valence-electron chi connectivity index (χ1n) is 8.79. The van der Waals surface area contributed by atoms with Gasteiger partial charge in [-0.25, -0.2) is 4.98 Å². The van der Waals surface area contributed by atoms with Crippen LogP contribution in [0.5, 0.6) is 5.75 Å². The Balaban J connectivity index is 1.77. The molecule has 1 aromatic heterocycles. The number of ether oxygens (including phenoxy) is 1. The Bertz CT molecular complexity index is 916. The van der Waals surface area contributed by atoms with Crippen LogP contribution in [-0.2, 0) is 9.31 Å². The largest absolute Gasteiger partial charge is 0.496 e. The quantitative estimate of drug-likeness (QED) is 0.734. The zero-order valence-electron chi connectivity index (χ0n) is 15.8. The SMILES string of the molecule is COc1ccc(B2OC(C)(C)C(C)(C)O2)cc1-c1nc2ccccc2[nH]1. The molecule has 0 aliphatic carbocycles. The molecule has 1 N–H and O–H groups in total. The lowest BCUT2D eigenvalue weighted by atomic mass is 9.78. The van der Waals surface area contributed by atoms with Crippen molar-refractivity contribution >= 4 is 23.6 Å². The maximum absolute atomic E-state index is 6.18. The monoisotopic (exact) mass is 350 g/mol. The highest BCUT2D eigenvalue weighted by Crippen LogP contribution is 2.37. The standard InChI is InChI=1S/C20H23BN2O3/c1-19(2)20(3,4)26-21(25-19)13-10-11-17(24-5)14(12-13)18-22-15-8-6-7-9-16(15)23-18/h6-12H,1-5H3,(H,22,23). The second-order valence-electron chi connectivity index (χ2n) is 7.65. The van der Waals surface area contributed by atoms with Crippen molar-refractivity contribution in [2.75, 3.05) is 7.11 Å². The van der Waals surface area contributed by atoms with E-state index in [1.165, 1.54) is 0 Å². The van der Waals surface area contributed by atoms with Crippen molar-refractivity contribution in [2.24, 2.45) is 0 Å². The van der Waals surface area contributed by atoms with Gasteiger partial charge in [-0.05, 0) is 57.4 Å². The minimum absolute atomic E-state index is 0.378. The molecule has 1 aliphatic heterocycles. The van der Waals surface area contributed by atoms with Gasteiger partial charge in [-0.2, -0.15) is 0 Å². The lowest BCUT2D eigenvalue weighted by molar-refractivity contribution is 0.00578. The maximum Gasteiger partial charge on any atom is 0.494 e. The van der Waals surface area contributed by atoms with Gasteiger partial charge in [0.1, 0.15) is 11.6 Å². The molecule has 0 atom stereocenters. The molecule has 134 valence electrons. The Labute approximate surface area is 153 Å². The molecule has 1 fully saturated rings. The van der Waals surface area contributed by atoms with E-state index in [1.807, 2.05) is 42.5 Å². The van der Waals surface area contributed by atoms with Crippen LogP contribution in [0, 0.1) is 0 Å². The molecule has 0 radical (unpaired) electrons. The zero-order valence-corrected chi connectivity index (χ0v) is 15.8. The third-order valence-electron chi connectivity index (χ3n) is 5.39. The van der Waals surface area contributed by atoms with Crippen molar-refractivity contribution in [2.45, 2.75) is 38.9 Å². The molecule has 0 amide bonds. The first-order valence-corrected chi connectivity index (χ1v) is 8.79. The predicted molar refractivity (Wildman–Crippen MR) is 104 cm³/mol. The molecule has 6 heteroatoms. The molecule has 1 aliphatic rings. The fraction of sp³-hybridized carbons (Fsp3) is 0.350. The van der Waals surface area contributed by atoms with E-state index in [4.69, 9.17) is 19.0 Å². The second kappa shape index (κ2) is 5.86. The van der Waals surface area contributed by atoms with Crippen LogP contribution in [-0.4, -0.2) is 35.4 Å². The van der Waals surface area contributed by atoms with Gasteiger partial charge in [-0.15, -0.1) is 0 Å². The molecule has 1 saturated heterocycles. The zero-order chi connectivity index (χ0) is 18.5. The van der Waals surface area contributed by atoms with Crippen molar-refractivity contribution in [3.05, 3.63) is 42.5 Å². The number of fused-ring (bicyclic) bond motifs is 1. The normalized spacial score (nSPS) is 18.4. The molecule has 2 aromatic carbocycles. The van der Waals surface area contributed by atoms with E-state index in [0.717, 1.165) is 33.6 Å². The number of nitrogens with one attached hydrogen (secondary N) is 1. The van der Waals surface area contributed by atoms with Crippen molar-refractivity contribution in [1.82, 2.24) is 9.97 Å². The number of hydrogen-bond acceptors (Lipinski definition) is 4.